The van der Waals surface area contributed by atoms with E-state index in [0.29, 0.717) is 0 Å². The summed E-state index contributed by atoms with van der Waals surface area (Å²) in [5, 5.41) is 0. The van der Waals surface area contributed by atoms with E-state index in [-0.39, 0.29) is 20.1 Å². The molecule has 64 heavy (non-hydrogen) atoms. The molecule has 0 fully saturated rings. The first-order valence-corrected chi connectivity index (χ1v) is 20.9. The Labute approximate surface area is 384 Å². The summed E-state index contributed by atoms with van der Waals surface area (Å²) in [5.41, 5.74) is 14.1. The maximum absolute atomic E-state index is 5.02. The molecule has 9 aromatic carbocycles. The number of rotatable bonds is 7. The molecular weight excluding hydrogens is 961 g/mol. The van der Waals surface area contributed by atoms with Gasteiger partial charge in [0, 0.05) is 17.1 Å². The molecule has 12 aromatic rings. The van der Waals surface area contributed by atoms with Crippen LogP contribution in [0.4, 0.5) is 0 Å². The second-order valence-electron chi connectivity index (χ2n) is 15.0. The molecule has 0 aliphatic heterocycles. The molecule has 0 aliphatic rings. The van der Waals surface area contributed by atoms with E-state index >= 15 is 0 Å². The van der Waals surface area contributed by atoms with Crippen molar-refractivity contribution in [3.63, 3.8) is 0 Å². The van der Waals surface area contributed by atoms with E-state index in [2.05, 4.69) is 177 Å². The van der Waals surface area contributed by atoms with Crippen LogP contribution in [-0.4, -0.2) is 28.7 Å². The summed E-state index contributed by atoms with van der Waals surface area (Å²) in [6.07, 6.45) is 0. The minimum Gasteiger partial charge on any atom is -0.325 e. The van der Waals surface area contributed by atoms with Crippen LogP contribution in [0.2, 0.25) is 0 Å². The Morgan fingerprint density at radius 1 is 0.281 bits per heavy atom. The fourth-order valence-corrected chi connectivity index (χ4v) is 8.18. The molecule has 0 aliphatic carbocycles. The standard InChI is InChI=1S/C32H21N4.C25H16N2.Ir/c1-3-14-25(15-4-1)35-29-20-9-7-18-27(29)33-31(35)23-12-11-13-24(22-23)32-34-28-19-8-10-21-30(28)36(32)26-16-5-2-6-17-26;1-3-10-19(11-4-1)20-12-9-13-21(18-20)25-26-23-16-7-8-17-24(23)27(25)22-14-5-2-6-15-22;/h1-21H;1-10,12-17H;/q-1;-2;+3. The first-order chi connectivity index (χ1) is 31.3. The summed E-state index contributed by atoms with van der Waals surface area (Å²) >= 11 is 0. The van der Waals surface area contributed by atoms with Crippen molar-refractivity contribution >= 4 is 33.1 Å². The Bertz CT molecular complexity index is 3370. The third kappa shape index (κ3) is 7.64. The van der Waals surface area contributed by atoms with Crippen LogP contribution in [0.3, 0.4) is 0 Å². The van der Waals surface area contributed by atoms with Gasteiger partial charge in [-0.3, -0.25) is 15.0 Å². The SMILES string of the molecule is [Ir+3].[c-]1c(-c2nc3ccccc3n2-c2ccccc2)cccc1-c1nc2ccccc2n1-c1ccccc1.[c-]1ccccc1-c1[c-]c(-c2nc3ccccc3n2-c2ccccc2)ccc1. The predicted molar refractivity (Wildman–Crippen MR) is 255 cm³/mol. The molecule has 0 atom stereocenters. The van der Waals surface area contributed by atoms with Crippen LogP contribution in [0, 0.1) is 18.2 Å². The zero-order valence-electron chi connectivity index (χ0n) is 34.4. The number of imidazole rings is 3. The topological polar surface area (TPSA) is 53.5 Å². The van der Waals surface area contributed by atoms with Gasteiger partial charge in [0.05, 0.1) is 50.6 Å². The third-order valence-corrected chi connectivity index (χ3v) is 11.0. The maximum atomic E-state index is 5.02. The maximum Gasteiger partial charge on any atom is 3.00 e. The molecule has 3 aromatic heterocycles. The van der Waals surface area contributed by atoms with Gasteiger partial charge in [-0.2, -0.15) is 42.0 Å². The van der Waals surface area contributed by atoms with Crippen molar-refractivity contribution in [3.05, 3.63) is 243 Å². The van der Waals surface area contributed by atoms with Crippen LogP contribution in [-0.2, 0) is 20.1 Å². The quantitative estimate of drug-likeness (QED) is 0.150. The van der Waals surface area contributed by atoms with Crippen LogP contribution in [0.5, 0.6) is 0 Å². The zero-order valence-corrected chi connectivity index (χ0v) is 36.8. The van der Waals surface area contributed by atoms with E-state index < -0.39 is 0 Å². The molecule has 0 radical (unpaired) electrons. The van der Waals surface area contributed by atoms with Gasteiger partial charge in [0.15, 0.2) is 0 Å². The van der Waals surface area contributed by atoms with E-state index in [0.717, 1.165) is 95.5 Å². The van der Waals surface area contributed by atoms with Crippen LogP contribution in [0.15, 0.2) is 224 Å². The van der Waals surface area contributed by atoms with Crippen molar-refractivity contribution in [1.29, 1.82) is 0 Å². The summed E-state index contributed by atoms with van der Waals surface area (Å²) in [5.74, 6) is 2.60. The number of hydrogen-bond acceptors (Lipinski definition) is 3. The molecule has 3 heterocycles. The van der Waals surface area contributed by atoms with Gasteiger partial charge in [-0.1, -0.05) is 108 Å². The summed E-state index contributed by atoms with van der Waals surface area (Å²) in [4.78, 5) is 15.0. The molecule has 0 amide bonds. The van der Waals surface area contributed by atoms with E-state index in [1.807, 2.05) is 78.9 Å². The van der Waals surface area contributed by atoms with E-state index in [1.165, 1.54) is 0 Å². The van der Waals surface area contributed by atoms with Crippen molar-refractivity contribution in [1.82, 2.24) is 28.7 Å². The minimum atomic E-state index is 0. The summed E-state index contributed by atoms with van der Waals surface area (Å²) in [6.45, 7) is 0. The van der Waals surface area contributed by atoms with Gasteiger partial charge in [0.2, 0.25) is 0 Å². The molecule has 304 valence electrons. The minimum absolute atomic E-state index is 0. The molecule has 0 bridgehead atoms. The molecule has 0 spiro atoms. The number of benzene rings is 9. The predicted octanol–water partition coefficient (Wildman–Crippen LogP) is 13.5. The molecule has 0 N–H and O–H groups in total. The van der Waals surface area contributed by atoms with E-state index in [1.54, 1.807) is 0 Å². The fourth-order valence-electron chi connectivity index (χ4n) is 8.18. The first kappa shape index (κ1) is 40.1. The Kier molecular flexibility index (Phi) is 11.2. The van der Waals surface area contributed by atoms with Gasteiger partial charge in [-0.05, 0) is 72.8 Å². The van der Waals surface area contributed by atoms with Crippen molar-refractivity contribution in [3.8, 4) is 62.4 Å². The Morgan fingerprint density at radius 3 is 0.969 bits per heavy atom. The van der Waals surface area contributed by atoms with Crippen molar-refractivity contribution < 1.29 is 20.1 Å². The smallest absolute Gasteiger partial charge is 0.325 e. The van der Waals surface area contributed by atoms with E-state index in [4.69, 9.17) is 15.0 Å². The number of fused-ring (bicyclic) bond motifs is 3. The van der Waals surface area contributed by atoms with Gasteiger partial charge >= 0.3 is 20.1 Å². The second kappa shape index (κ2) is 17.8. The molecular formula is C57H37IrN6. The van der Waals surface area contributed by atoms with Crippen molar-refractivity contribution in [2.24, 2.45) is 0 Å². The summed E-state index contributed by atoms with van der Waals surface area (Å²) in [7, 11) is 0. The van der Waals surface area contributed by atoms with Gasteiger partial charge in [0.25, 0.3) is 0 Å². The zero-order chi connectivity index (χ0) is 42.0. The normalized spacial score (nSPS) is 11.0. The average molecular weight is 998 g/mol. The largest absolute Gasteiger partial charge is 3.00 e. The van der Waals surface area contributed by atoms with Gasteiger partial charge in [-0.15, -0.1) is 42.5 Å². The Hall–Kier alpha value is -7.96. The average Bonchev–Trinajstić information content (AvgIpc) is 4.08. The van der Waals surface area contributed by atoms with Crippen LogP contribution >= 0.6 is 0 Å². The molecule has 12 rings (SSSR count). The molecule has 0 saturated carbocycles. The van der Waals surface area contributed by atoms with Gasteiger partial charge < -0.3 is 13.7 Å². The third-order valence-electron chi connectivity index (χ3n) is 11.0. The summed E-state index contributed by atoms with van der Waals surface area (Å²) in [6, 6.07) is 86.5. The van der Waals surface area contributed by atoms with Crippen molar-refractivity contribution in [2.45, 2.75) is 0 Å². The van der Waals surface area contributed by atoms with Crippen LogP contribution in [0.25, 0.3) is 95.5 Å². The Balaban J connectivity index is 0.000000155. The number of nitrogens with zero attached hydrogens (tertiary/aromatic N) is 6. The van der Waals surface area contributed by atoms with Gasteiger partial charge in [0.1, 0.15) is 0 Å². The first-order valence-electron chi connectivity index (χ1n) is 20.9. The van der Waals surface area contributed by atoms with Crippen molar-refractivity contribution in [2.75, 3.05) is 0 Å². The van der Waals surface area contributed by atoms with Crippen LogP contribution < -0.4 is 0 Å². The monoisotopic (exact) mass is 998 g/mol. The summed E-state index contributed by atoms with van der Waals surface area (Å²) < 4.78 is 6.59. The fraction of sp³-hybridized carbons (Fsp3) is 0. The molecule has 7 heteroatoms. The van der Waals surface area contributed by atoms with Crippen LogP contribution in [0.1, 0.15) is 0 Å². The number of para-hydroxylation sites is 9. The van der Waals surface area contributed by atoms with Gasteiger partial charge in [-0.25, -0.2) is 5.56 Å². The number of aromatic nitrogens is 6. The molecule has 6 nitrogen and oxygen atoms in total. The molecule has 0 unspecified atom stereocenters. The Morgan fingerprint density at radius 2 is 0.594 bits per heavy atom. The second-order valence-corrected chi connectivity index (χ2v) is 15.0. The number of hydrogen-bond donors (Lipinski definition) is 0. The molecule has 0 saturated heterocycles. The van der Waals surface area contributed by atoms with E-state index in [9.17, 15) is 0 Å².